The fourth-order valence-corrected chi connectivity index (χ4v) is 3.48. The summed E-state index contributed by atoms with van der Waals surface area (Å²) in [7, 11) is 1.66. The zero-order valence-electron chi connectivity index (χ0n) is 12.2. The van der Waals surface area contributed by atoms with E-state index < -0.39 is 6.10 Å². The molecule has 3 rings (SSSR count). The average molecular weight is 277 g/mol. The van der Waals surface area contributed by atoms with Gasteiger partial charge in [0.05, 0.1) is 13.2 Å². The molecular formula is C16H23NO3. The van der Waals surface area contributed by atoms with Crippen molar-refractivity contribution in [1.82, 2.24) is 4.90 Å². The standard InChI is InChI=1S/C16H23NO3/c1-11-6-3-4-9-17(11)15-12-7-5-8-14(19-2)16(12)20-10-13(15)18/h5,7-8,11,13,15,18H,3-4,6,9-10H2,1-2H3. The Morgan fingerprint density at radius 2 is 2.20 bits per heavy atom. The van der Waals surface area contributed by atoms with Crippen LogP contribution in [-0.4, -0.2) is 42.4 Å². The van der Waals surface area contributed by atoms with E-state index in [1.165, 1.54) is 19.3 Å². The SMILES string of the molecule is COc1cccc2c1OCC(O)C2N1CCCCC1C. The van der Waals surface area contributed by atoms with Crippen LogP contribution in [-0.2, 0) is 0 Å². The van der Waals surface area contributed by atoms with Crippen molar-refractivity contribution in [3.63, 3.8) is 0 Å². The number of para-hydroxylation sites is 1. The highest BCUT2D eigenvalue weighted by Gasteiger charge is 2.38. The minimum atomic E-state index is -0.477. The maximum absolute atomic E-state index is 10.4. The molecule has 0 amide bonds. The molecule has 0 radical (unpaired) electrons. The van der Waals surface area contributed by atoms with Gasteiger partial charge in [-0.2, -0.15) is 0 Å². The van der Waals surface area contributed by atoms with Crippen LogP contribution in [0, 0.1) is 0 Å². The molecule has 0 aromatic heterocycles. The molecular weight excluding hydrogens is 254 g/mol. The van der Waals surface area contributed by atoms with Crippen molar-refractivity contribution in [3.05, 3.63) is 23.8 Å². The molecule has 110 valence electrons. The number of ether oxygens (including phenoxy) is 2. The summed E-state index contributed by atoms with van der Waals surface area (Å²) in [4.78, 5) is 2.43. The van der Waals surface area contributed by atoms with Crippen LogP contribution in [0.3, 0.4) is 0 Å². The van der Waals surface area contributed by atoms with E-state index in [2.05, 4.69) is 11.8 Å². The second kappa shape index (κ2) is 5.62. The van der Waals surface area contributed by atoms with Crippen molar-refractivity contribution in [1.29, 1.82) is 0 Å². The zero-order chi connectivity index (χ0) is 14.1. The van der Waals surface area contributed by atoms with Crippen LogP contribution in [0.5, 0.6) is 11.5 Å². The molecule has 0 spiro atoms. The Hall–Kier alpha value is -1.26. The third-order valence-corrected chi connectivity index (χ3v) is 4.52. The molecule has 0 aliphatic carbocycles. The van der Waals surface area contributed by atoms with E-state index in [1.807, 2.05) is 18.2 Å². The molecule has 0 bridgehead atoms. The molecule has 2 heterocycles. The van der Waals surface area contributed by atoms with Gasteiger partial charge in [-0.25, -0.2) is 0 Å². The van der Waals surface area contributed by atoms with Gasteiger partial charge in [0, 0.05) is 11.6 Å². The summed E-state index contributed by atoms with van der Waals surface area (Å²) in [6, 6.07) is 6.45. The lowest BCUT2D eigenvalue weighted by Gasteiger charge is -2.44. The van der Waals surface area contributed by atoms with Gasteiger partial charge >= 0.3 is 0 Å². The number of fused-ring (bicyclic) bond motifs is 1. The summed E-state index contributed by atoms with van der Waals surface area (Å²) >= 11 is 0. The largest absolute Gasteiger partial charge is 0.493 e. The zero-order valence-corrected chi connectivity index (χ0v) is 12.2. The topological polar surface area (TPSA) is 41.9 Å². The van der Waals surface area contributed by atoms with Gasteiger partial charge in [-0.3, -0.25) is 4.90 Å². The van der Waals surface area contributed by atoms with Crippen molar-refractivity contribution in [2.75, 3.05) is 20.3 Å². The highest BCUT2D eigenvalue weighted by molar-refractivity contribution is 5.49. The first kappa shape index (κ1) is 13.7. The normalized spacial score (nSPS) is 30.4. The van der Waals surface area contributed by atoms with Gasteiger partial charge in [0.1, 0.15) is 12.7 Å². The number of aliphatic hydroxyl groups is 1. The number of aliphatic hydroxyl groups excluding tert-OH is 1. The summed E-state index contributed by atoms with van der Waals surface area (Å²) in [5.74, 6) is 1.55. The van der Waals surface area contributed by atoms with Crippen LogP contribution in [0.25, 0.3) is 0 Å². The van der Waals surface area contributed by atoms with Crippen molar-refractivity contribution in [2.45, 2.75) is 44.4 Å². The van der Waals surface area contributed by atoms with Gasteiger partial charge in [-0.1, -0.05) is 18.6 Å². The molecule has 1 aromatic carbocycles. The number of nitrogens with zero attached hydrogens (tertiary/aromatic N) is 1. The van der Waals surface area contributed by atoms with E-state index in [9.17, 15) is 5.11 Å². The smallest absolute Gasteiger partial charge is 0.166 e. The molecule has 1 aromatic rings. The van der Waals surface area contributed by atoms with Crippen LogP contribution in [0.15, 0.2) is 18.2 Å². The van der Waals surface area contributed by atoms with Crippen molar-refractivity contribution >= 4 is 0 Å². The molecule has 0 saturated carbocycles. The third kappa shape index (κ3) is 2.27. The van der Waals surface area contributed by atoms with Gasteiger partial charge in [0.2, 0.25) is 0 Å². The number of hydrogen-bond acceptors (Lipinski definition) is 4. The molecule has 20 heavy (non-hydrogen) atoms. The van der Waals surface area contributed by atoms with Gasteiger partial charge in [-0.15, -0.1) is 0 Å². The summed E-state index contributed by atoms with van der Waals surface area (Å²) < 4.78 is 11.1. The minimum Gasteiger partial charge on any atom is -0.493 e. The van der Waals surface area contributed by atoms with Gasteiger partial charge in [0.25, 0.3) is 0 Å². The fraction of sp³-hybridized carbons (Fsp3) is 0.625. The van der Waals surface area contributed by atoms with E-state index in [4.69, 9.17) is 9.47 Å². The van der Waals surface area contributed by atoms with Crippen LogP contribution in [0.4, 0.5) is 0 Å². The molecule has 2 aliphatic heterocycles. The Bertz CT molecular complexity index is 477. The van der Waals surface area contributed by atoms with Gasteiger partial charge in [0.15, 0.2) is 11.5 Å². The Balaban J connectivity index is 1.99. The Labute approximate surface area is 120 Å². The van der Waals surface area contributed by atoms with E-state index in [-0.39, 0.29) is 6.04 Å². The predicted octanol–water partition coefficient (Wildman–Crippen LogP) is 2.36. The van der Waals surface area contributed by atoms with E-state index >= 15 is 0 Å². The second-order valence-corrected chi connectivity index (χ2v) is 5.78. The molecule has 1 fully saturated rings. The first-order valence-electron chi connectivity index (χ1n) is 7.46. The number of piperidine rings is 1. The maximum Gasteiger partial charge on any atom is 0.166 e. The quantitative estimate of drug-likeness (QED) is 0.901. The highest BCUT2D eigenvalue weighted by atomic mass is 16.5. The number of hydrogen-bond donors (Lipinski definition) is 1. The first-order valence-corrected chi connectivity index (χ1v) is 7.46. The summed E-state index contributed by atoms with van der Waals surface area (Å²) in [6.45, 7) is 3.63. The predicted molar refractivity (Wildman–Crippen MR) is 77.3 cm³/mol. The number of likely N-dealkylation sites (tertiary alicyclic amines) is 1. The van der Waals surface area contributed by atoms with Crippen LogP contribution < -0.4 is 9.47 Å². The molecule has 1 saturated heterocycles. The van der Waals surface area contributed by atoms with E-state index in [1.54, 1.807) is 7.11 Å². The molecule has 3 unspecified atom stereocenters. The minimum absolute atomic E-state index is 0.0177. The lowest BCUT2D eigenvalue weighted by Crippen LogP contribution is -2.48. The summed E-state index contributed by atoms with van der Waals surface area (Å²) in [5, 5.41) is 10.4. The molecule has 2 aliphatic rings. The Morgan fingerprint density at radius 3 is 2.95 bits per heavy atom. The summed E-state index contributed by atoms with van der Waals surface area (Å²) in [5.41, 5.74) is 1.05. The molecule has 1 N–H and O–H groups in total. The van der Waals surface area contributed by atoms with Gasteiger partial charge in [-0.05, 0) is 32.4 Å². The van der Waals surface area contributed by atoms with Crippen molar-refractivity contribution in [2.24, 2.45) is 0 Å². The average Bonchev–Trinajstić information content (AvgIpc) is 2.47. The van der Waals surface area contributed by atoms with Crippen molar-refractivity contribution in [3.8, 4) is 11.5 Å². The summed E-state index contributed by atoms with van der Waals surface area (Å²) in [6.07, 6.45) is 3.20. The second-order valence-electron chi connectivity index (χ2n) is 5.78. The third-order valence-electron chi connectivity index (χ3n) is 4.52. The van der Waals surface area contributed by atoms with Gasteiger partial charge < -0.3 is 14.6 Å². The lowest BCUT2D eigenvalue weighted by atomic mass is 9.92. The van der Waals surface area contributed by atoms with E-state index in [0.29, 0.717) is 12.6 Å². The van der Waals surface area contributed by atoms with Crippen LogP contribution in [0.1, 0.15) is 37.8 Å². The van der Waals surface area contributed by atoms with Crippen LogP contribution >= 0.6 is 0 Å². The maximum atomic E-state index is 10.4. The van der Waals surface area contributed by atoms with E-state index in [0.717, 1.165) is 23.6 Å². The molecule has 3 atom stereocenters. The number of methoxy groups -OCH3 is 1. The Kier molecular flexibility index (Phi) is 3.85. The molecule has 4 heteroatoms. The lowest BCUT2D eigenvalue weighted by molar-refractivity contribution is -0.0254. The van der Waals surface area contributed by atoms with Crippen molar-refractivity contribution < 1.29 is 14.6 Å². The number of benzene rings is 1. The number of rotatable bonds is 2. The monoisotopic (exact) mass is 277 g/mol. The highest BCUT2D eigenvalue weighted by Crippen LogP contribution is 2.43. The Morgan fingerprint density at radius 1 is 1.35 bits per heavy atom. The molecule has 4 nitrogen and oxygen atoms in total. The van der Waals surface area contributed by atoms with Crippen LogP contribution in [0.2, 0.25) is 0 Å². The first-order chi connectivity index (χ1) is 9.72. The fourth-order valence-electron chi connectivity index (χ4n) is 3.48.